The lowest BCUT2D eigenvalue weighted by molar-refractivity contribution is -0.122. The lowest BCUT2D eigenvalue weighted by Crippen LogP contribution is -2.47. The molecular formula is C16H26N4O4S. The molecule has 0 spiro atoms. The minimum Gasteiger partial charge on any atom is -0.351 e. The average molecular weight is 370 g/mol. The van der Waals surface area contributed by atoms with Gasteiger partial charge in [-0.05, 0) is 25.5 Å². The number of nitrogens with one attached hydrogen (secondary N) is 2. The van der Waals surface area contributed by atoms with E-state index in [0.29, 0.717) is 19.6 Å². The molecule has 0 saturated carbocycles. The molecule has 0 unspecified atom stereocenters. The van der Waals surface area contributed by atoms with Crippen molar-refractivity contribution in [2.24, 2.45) is 0 Å². The van der Waals surface area contributed by atoms with Crippen molar-refractivity contribution in [3.63, 3.8) is 0 Å². The van der Waals surface area contributed by atoms with Crippen LogP contribution in [0.25, 0.3) is 0 Å². The summed E-state index contributed by atoms with van der Waals surface area (Å²) in [6, 6.07) is 2.51. The van der Waals surface area contributed by atoms with Crippen LogP contribution in [0.3, 0.4) is 0 Å². The van der Waals surface area contributed by atoms with E-state index in [-0.39, 0.29) is 23.4 Å². The van der Waals surface area contributed by atoms with E-state index in [0.717, 1.165) is 24.0 Å². The molecule has 25 heavy (non-hydrogen) atoms. The first kappa shape index (κ1) is 19.6. The van der Waals surface area contributed by atoms with Crippen LogP contribution in [-0.2, 0) is 21.4 Å². The van der Waals surface area contributed by atoms with Crippen LogP contribution < -0.4 is 16.2 Å². The minimum absolute atomic E-state index is 0.0166. The Morgan fingerprint density at radius 1 is 1.36 bits per heavy atom. The number of amides is 1. The van der Waals surface area contributed by atoms with Gasteiger partial charge in [-0.25, -0.2) is 8.42 Å². The van der Waals surface area contributed by atoms with Gasteiger partial charge in [-0.3, -0.25) is 9.59 Å². The maximum absolute atomic E-state index is 12.6. The van der Waals surface area contributed by atoms with Crippen molar-refractivity contribution in [2.45, 2.75) is 44.2 Å². The van der Waals surface area contributed by atoms with Gasteiger partial charge in [-0.1, -0.05) is 13.8 Å². The molecule has 2 N–H and O–H groups in total. The molecule has 0 bridgehead atoms. The zero-order valence-corrected chi connectivity index (χ0v) is 15.5. The smallest absolute Gasteiger partial charge is 0.251 e. The largest absolute Gasteiger partial charge is 0.351 e. The molecule has 8 nitrogen and oxygen atoms in total. The molecule has 9 heteroatoms. The van der Waals surface area contributed by atoms with Gasteiger partial charge in [0.25, 0.3) is 5.56 Å². The fraction of sp³-hybridized carbons (Fsp3) is 0.625. The summed E-state index contributed by atoms with van der Waals surface area (Å²) >= 11 is 0. The maximum atomic E-state index is 12.6. The Morgan fingerprint density at radius 3 is 2.68 bits per heavy atom. The second-order valence-electron chi connectivity index (χ2n) is 6.03. The molecule has 1 fully saturated rings. The highest BCUT2D eigenvalue weighted by atomic mass is 32.2. The molecular weight excluding hydrogens is 344 g/mol. The molecule has 140 valence electrons. The van der Waals surface area contributed by atoms with Crippen LogP contribution >= 0.6 is 0 Å². The number of nitrogens with zero attached hydrogens (tertiary/aromatic N) is 2. The third-order valence-electron chi connectivity index (χ3n) is 4.28. The van der Waals surface area contributed by atoms with Crippen LogP contribution in [-0.4, -0.2) is 55.4 Å². The van der Waals surface area contributed by atoms with E-state index < -0.39 is 15.6 Å². The highest BCUT2D eigenvalue weighted by Crippen LogP contribution is 2.13. The van der Waals surface area contributed by atoms with Crippen molar-refractivity contribution in [3.05, 3.63) is 28.7 Å². The summed E-state index contributed by atoms with van der Waals surface area (Å²) in [7, 11) is -3.67. The van der Waals surface area contributed by atoms with Crippen molar-refractivity contribution < 1.29 is 13.2 Å². The molecule has 1 atom stereocenters. The molecule has 2 heterocycles. The van der Waals surface area contributed by atoms with Gasteiger partial charge in [0, 0.05) is 37.9 Å². The highest BCUT2D eigenvalue weighted by molar-refractivity contribution is 7.89. The predicted molar refractivity (Wildman–Crippen MR) is 94.8 cm³/mol. The summed E-state index contributed by atoms with van der Waals surface area (Å²) in [4.78, 5) is 24.2. The molecule has 1 aliphatic rings. The van der Waals surface area contributed by atoms with Crippen molar-refractivity contribution in [1.82, 2.24) is 19.5 Å². The van der Waals surface area contributed by atoms with E-state index in [1.165, 1.54) is 22.6 Å². The molecule has 2 rings (SSSR count). The van der Waals surface area contributed by atoms with Gasteiger partial charge >= 0.3 is 0 Å². The molecule has 0 aliphatic carbocycles. The number of aromatic nitrogens is 1. The molecule has 1 saturated heterocycles. The standard InChI is InChI=1S/C16H26N4O4S/c1-3-20(4-2)25(23,24)14-7-8-16(22)19(11-14)12-15(21)18-13-6-5-9-17-10-13/h7-8,11,13,17H,3-6,9-10,12H2,1-2H3,(H,18,21)/t13-/m0/s1. The summed E-state index contributed by atoms with van der Waals surface area (Å²) in [5.74, 6) is -0.298. The highest BCUT2D eigenvalue weighted by Gasteiger charge is 2.23. The van der Waals surface area contributed by atoms with Crippen LogP contribution in [0.2, 0.25) is 0 Å². The van der Waals surface area contributed by atoms with E-state index in [1.54, 1.807) is 13.8 Å². The van der Waals surface area contributed by atoms with Crippen LogP contribution in [0.1, 0.15) is 26.7 Å². The van der Waals surface area contributed by atoms with Crippen LogP contribution in [0.4, 0.5) is 0 Å². The van der Waals surface area contributed by atoms with E-state index in [9.17, 15) is 18.0 Å². The number of carbonyl (C=O) groups excluding carboxylic acids is 1. The maximum Gasteiger partial charge on any atom is 0.251 e. The lowest BCUT2D eigenvalue weighted by atomic mass is 10.1. The Bertz CT molecular complexity index is 750. The van der Waals surface area contributed by atoms with Gasteiger partial charge in [0.2, 0.25) is 15.9 Å². The Labute approximate surface area is 148 Å². The quantitative estimate of drug-likeness (QED) is 0.689. The van der Waals surface area contributed by atoms with Gasteiger partial charge in [-0.15, -0.1) is 0 Å². The van der Waals surface area contributed by atoms with Gasteiger partial charge in [0.1, 0.15) is 6.54 Å². The van der Waals surface area contributed by atoms with E-state index in [2.05, 4.69) is 10.6 Å². The molecule has 0 aromatic carbocycles. The van der Waals surface area contributed by atoms with Gasteiger partial charge < -0.3 is 15.2 Å². The number of piperidine rings is 1. The van der Waals surface area contributed by atoms with Crippen molar-refractivity contribution in [1.29, 1.82) is 0 Å². The normalized spacial score (nSPS) is 18.3. The zero-order chi connectivity index (χ0) is 18.4. The van der Waals surface area contributed by atoms with Gasteiger partial charge in [-0.2, -0.15) is 4.31 Å². The SMILES string of the molecule is CCN(CC)S(=O)(=O)c1ccc(=O)n(CC(=O)N[C@H]2CCCNC2)c1. The van der Waals surface area contributed by atoms with Crippen molar-refractivity contribution in [2.75, 3.05) is 26.2 Å². The molecule has 0 radical (unpaired) electrons. The van der Waals surface area contributed by atoms with Crippen LogP contribution in [0.5, 0.6) is 0 Å². The molecule has 1 aliphatic heterocycles. The van der Waals surface area contributed by atoms with Crippen molar-refractivity contribution in [3.8, 4) is 0 Å². The van der Waals surface area contributed by atoms with Gasteiger partial charge in [0.15, 0.2) is 0 Å². The Kier molecular flexibility index (Phi) is 6.74. The monoisotopic (exact) mass is 370 g/mol. The van der Waals surface area contributed by atoms with Crippen LogP contribution in [0.15, 0.2) is 28.0 Å². The Morgan fingerprint density at radius 2 is 2.08 bits per heavy atom. The van der Waals surface area contributed by atoms with E-state index in [4.69, 9.17) is 0 Å². The molecule has 1 aromatic heterocycles. The van der Waals surface area contributed by atoms with E-state index in [1.807, 2.05) is 0 Å². The molecule has 1 amide bonds. The average Bonchev–Trinajstić information content (AvgIpc) is 2.58. The first-order valence-electron chi connectivity index (χ1n) is 8.59. The minimum atomic E-state index is -3.67. The number of sulfonamides is 1. The van der Waals surface area contributed by atoms with Crippen molar-refractivity contribution >= 4 is 15.9 Å². The topological polar surface area (TPSA) is 101 Å². The fourth-order valence-corrected chi connectivity index (χ4v) is 4.38. The Hall–Kier alpha value is -1.71. The Balaban J connectivity index is 2.16. The second-order valence-corrected chi connectivity index (χ2v) is 7.97. The summed E-state index contributed by atoms with van der Waals surface area (Å²) in [5.41, 5.74) is -0.407. The summed E-state index contributed by atoms with van der Waals surface area (Å²) < 4.78 is 27.6. The summed E-state index contributed by atoms with van der Waals surface area (Å²) in [5, 5.41) is 6.08. The third-order valence-corrected chi connectivity index (χ3v) is 6.31. The predicted octanol–water partition coefficient (Wildman–Crippen LogP) is -0.253. The summed E-state index contributed by atoms with van der Waals surface area (Å²) in [6.07, 6.45) is 3.13. The first-order valence-corrected chi connectivity index (χ1v) is 10.0. The van der Waals surface area contributed by atoms with E-state index >= 15 is 0 Å². The van der Waals surface area contributed by atoms with Gasteiger partial charge in [0.05, 0.1) is 4.90 Å². The molecule has 1 aromatic rings. The number of rotatable bonds is 7. The zero-order valence-electron chi connectivity index (χ0n) is 14.7. The number of hydrogen-bond acceptors (Lipinski definition) is 5. The number of pyridine rings is 1. The first-order chi connectivity index (χ1) is 11.9. The third kappa shape index (κ3) is 4.90. The fourth-order valence-electron chi connectivity index (χ4n) is 2.90. The number of carbonyl (C=O) groups is 1. The lowest BCUT2D eigenvalue weighted by Gasteiger charge is -2.24. The number of hydrogen-bond donors (Lipinski definition) is 2. The second kappa shape index (κ2) is 8.59. The van der Waals surface area contributed by atoms with Crippen LogP contribution in [0, 0.1) is 0 Å². The summed E-state index contributed by atoms with van der Waals surface area (Å²) in [6.45, 7) is 5.64.